The molecule has 0 spiro atoms. The molecule has 0 saturated carbocycles. The zero-order chi connectivity index (χ0) is 21.5. The lowest BCUT2D eigenvalue weighted by molar-refractivity contribution is -0.0562. The number of benzene rings is 3. The third-order valence-electron chi connectivity index (χ3n) is 5.59. The molecule has 3 aromatic carbocycles. The molecule has 3 rings (SSSR count). The van der Waals surface area contributed by atoms with Crippen LogP contribution in [-0.2, 0) is 4.74 Å². The summed E-state index contributed by atoms with van der Waals surface area (Å²) >= 11 is 0. The van der Waals surface area contributed by atoms with Crippen molar-refractivity contribution in [2.75, 3.05) is 7.11 Å². The van der Waals surface area contributed by atoms with Crippen LogP contribution in [0, 0.1) is 11.8 Å². The largest absolute Gasteiger partial charge is 0.461 e. The summed E-state index contributed by atoms with van der Waals surface area (Å²) in [5.41, 5.74) is 4.77. The van der Waals surface area contributed by atoms with Gasteiger partial charge in [0.15, 0.2) is 0 Å². The summed E-state index contributed by atoms with van der Waals surface area (Å²) in [5.74, 6) is 2.70. The van der Waals surface area contributed by atoms with Gasteiger partial charge in [0.2, 0.25) is 6.29 Å². The minimum atomic E-state index is -0.433. The van der Waals surface area contributed by atoms with Crippen molar-refractivity contribution in [2.24, 2.45) is 11.8 Å². The van der Waals surface area contributed by atoms with Crippen LogP contribution in [0.1, 0.15) is 57.5 Å². The minimum Gasteiger partial charge on any atom is -0.461 e. The van der Waals surface area contributed by atoms with E-state index < -0.39 is 6.29 Å². The summed E-state index contributed by atoms with van der Waals surface area (Å²) in [6.07, 6.45) is 0.768. The molecule has 158 valence electrons. The van der Waals surface area contributed by atoms with E-state index in [4.69, 9.17) is 9.47 Å². The second-order valence-electron chi connectivity index (χ2n) is 8.72. The van der Waals surface area contributed by atoms with E-state index in [0.29, 0.717) is 17.8 Å². The standard InChI is InChI=1S/C28H34O2/c1-20(2)19-27(21(3)4)24-15-17-26(18-16-24)30-28(29-5)25-13-11-23(12-14-25)22-9-7-6-8-10-22/h6-18,20-21,27-28H,19H2,1-5H3. The van der Waals surface area contributed by atoms with Gasteiger partial charge in [0.25, 0.3) is 0 Å². The lowest BCUT2D eigenvalue weighted by Crippen LogP contribution is -2.11. The molecule has 0 heterocycles. The van der Waals surface area contributed by atoms with Crippen LogP contribution in [0.4, 0.5) is 0 Å². The molecule has 3 aromatic rings. The van der Waals surface area contributed by atoms with E-state index in [1.54, 1.807) is 7.11 Å². The molecular formula is C28H34O2. The Labute approximate surface area is 181 Å². The van der Waals surface area contributed by atoms with Gasteiger partial charge in [-0.1, -0.05) is 94.4 Å². The predicted octanol–water partition coefficient (Wildman–Crippen LogP) is 7.86. The fourth-order valence-electron chi connectivity index (χ4n) is 3.93. The van der Waals surface area contributed by atoms with Crippen molar-refractivity contribution < 1.29 is 9.47 Å². The molecule has 0 N–H and O–H groups in total. The minimum absolute atomic E-state index is 0.433. The van der Waals surface area contributed by atoms with Gasteiger partial charge in [-0.15, -0.1) is 0 Å². The summed E-state index contributed by atoms with van der Waals surface area (Å²) in [6, 6.07) is 27.3. The van der Waals surface area contributed by atoms with Crippen molar-refractivity contribution in [2.45, 2.75) is 46.3 Å². The smallest absolute Gasteiger partial charge is 0.226 e. The average Bonchev–Trinajstić information content (AvgIpc) is 2.77. The average molecular weight is 403 g/mol. The van der Waals surface area contributed by atoms with Crippen molar-refractivity contribution in [3.05, 3.63) is 90.0 Å². The summed E-state index contributed by atoms with van der Waals surface area (Å²) in [7, 11) is 1.68. The Morgan fingerprint density at radius 2 is 1.23 bits per heavy atom. The number of ether oxygens (including phenoxy) is 2. The Morgan fingerprint density at radius 1 is 0.667 bits per heavy atom. The van der Waals surface area contributed by atoms with Gasteiger partial charge in [0.1, 0.15) is 5.75 Å². The van der Waals surface area contributed by atoms with Crippen LogP contribution in [0.15, 0.2) is 78.9 Å². The first-order valence-electron chi connectivity index (χ1n) is 10.9. The summed E-state index contributed by atoms with van der Waals surface area (Å²) < 4.78 is 11.8. The Morgan fingerprint density at radius 3 is 1.77 bits per heavy atom. The van der Waals surface area contributed by atoms with Crippen molar-refractivity contribution in [1.82, 2.24) is 0 Å². The zero-order valence-electron chi connectivity index (χ0n) is 18.8. The molecule has 2 atom stereocenters. The van der Waals surface area contributed by atoms with E-state index in [9.17, 15) is 0 Å². The monoisotopic (exact) mass is 402 g/mol. The SMILES string of the molecule is COC(Oc1ccc(C(CC(C)C)C(C)C)cc1)c1ccc(-c2ccccc2)cc1. The molecule has 0 bridgehead atoms. The lowest BCUT2D eigenvalue weighted by Gasteiger charge is -2.24. The zero-order valence-corrected chi connectivity index (χ0v) is 18.8. The quantitative estimate of drug-likeness (QED) is 0.339. The Bertz CT molecular complexity index is 880. The van der Waals surface area contributed by atoms with Gasteiger partial charge >= 0.3 is 0 Å². The summed E-state index contributed by atoms with van der Waals surface area (Å²) in [5, 5.41) is 0. The van der Waals surface area contributed by atoms with E-state index in [1.165, 1.54) is 23.1 Å². The second-order valence-corrected chi connectivity index (χ2v) is 8.72. The molecule has 2 heteroatoms. The number of methoxy groups -OCH3 is 1. The van der Waals surface area contributed by atoms with Gasteiger partial charge < -0.3 is 9.47 Å². The van der Waals surface area contributed by atoms with Crippen molar-refractivity contribution in [3.8, 4) is 16.9 Å². The summed E-state index contributed by atoms with van der Waals surface area (Å²) in [4.78, 5) is 0. The van der Waals surface area contributed by atoms with E-state index in [2.05, 4.69) is 100 Å². The van der Waals surface area contributed by atoms with Crippen molar-refractivity contribution in [3.63, 3.8) is 0 Å². The first-order chi connectivity index (χ1) is 14.5. The molecule has 0 amide bonds. The molecule has 0 radical (unpaired) electrons. The van der Waals surface area contributed by atoms with Crippen LogP contribution in [0.3, 0.4) is 0 Å². The van der Waals surface area contributed by atoms with Crippen LogP contribution >= 0.6 is 0 Å². The van der Waals surface area contributed by atoms with Crippen LogP contribution in [0.25, 0.3) is 11.1 Å². The van der Waals surface area contributed by atoms with Gasteiger partial charge in [0, 0.05) is 12.7 Å². The van der Waals surface area contributed by atoms with Gasteiger partial charge in [-0.25, -0.2) is 0 Å². The molecular weight excluding hydrogens is 368 g/mol. The van der Waals surface area contributed by atoms with E-state index in [1.807, 2.05) is 6.07 Å². The maximum atomic E-state index is 6.15. The first kappa shape index (κ1) is 22.1. The van der Waals surface area contributed by atoms with Crippen LogP contribution in [0.5, 0.6) is 5.75 Å². The Balaban J connectivity index is 1.71. The maximum absolute atomic E-state index is 6.15. The molecule has 30 heavy (non-hydrogen) atoms. The van der Waals surface area contributed by atoms with Gasteiger partial charge in [-0.2, -0.15) is 0 Å². The van der Waals surface area contributed by atoms with Gasteiger partial charge in [-0.3, -0.25) is 0 Å². The highest BCUT2D eigenvalue weighted by Gasteiger charge is 2.18. The predicted molar refractivity (Wildman–Crippen MR) is 126 cm³/mol. The Kier molecular flexibility index (Phi) is 7.70. The van der Waals surface area contributed by atoms with Crippen LogP contribution in [0.2, 0.25) is 0 Å². The molecule has 2 nitrogen and oxygen atoms in total. The van der Waals surface area contributed by atoms with Gasteiger partial charge in [0.05, 0.1) is 0 Å². The van der Waals surface area contributed by atoms with Crippen molar-refractivity contribution in [1.29, 1.82) is 0 Å². The highest BCUT2D eigenvalue weighted by molar-refractivity contribution is 5.63. The maximum Gasteiger partial charge on any atom is 0.226 e. The third kappa shape index (κ3) is 5.73. The molecule has 0 aliphatic carbocycles. The van der Waals surface area contributed by atoms with E-state index >= 15 is 0 Å². The Hall–Kier alpha value is -2.58. The second kappa shape index (κ2) is 10.4. The molecule has 0 aliphatic rings. The highest BCUT2D eigenvalue weighted by atomic mass is 16.7. The van der Waals surface area contributed by atoms with Crippen LogP contribution in [-0.4, -0.2) is 7.11 Å². The van der Waals surface area contributed by atoms with Gasteiger partial charge in [-0.05, 0) is 53.0 Å². The van der Waals surface area contributed by atoms with E-state index in [0.717, 1.165) is 11.3 Å². The molecule has 0 saturated heterocycles. The number of rotatable bonds is 9. The molecule has 0 aromatic heterocycles. The topological polar surface area (TPSA) is 18.5 Å². The lowest BCUT2D eigenvalue weighted by atomic mass is 9.82. The molecule has 0 aliphatic heterocycles. The fraction of sp³-hybridized carbons (Fsp3) is 0.357. The number of hydrogen-bond acceptors (Lipinski definition) is 2. The fourth-order valence-corrected chi connectivity index (χ4v) is 3.93. The normalized spacial score (nSPS) is 13.4. The van der Waals surface area contributed by atoms with Crippen LogP contribution < -0.4 is 4.74 Å². The first-order valence-corrected chi connectivity index (χ1v) is 10.9. The number of hydrogen-bond donors (Lipinski definition) is 0. The summed E-state index contributed by atoms with van der Waals surface area (Å²) in [6.45, 7) is 9.19. The third-order valence-corrected chi connectivity index (χ3v) is 5.59. The molecule has 0 fully saturated rings. The molecule has 2 unspecified atom stereocenters. The van der Waals surface area contributed by atoms with E-state index in [-0.39, 0.29) is 0 Å². The highest BCUT2D eigenvalue weighted by Crippen LogP contribution is 2.33. The van der Waals surface area contributed by atoms with Crippen molar-refractivity contribution >= 4 is 0 Å².